The van der Waals surface area contributed by atoms with E-state index in [4.69, 9.17) is 4.74 Å². The summed E-state index contributed by atoms with van der Waals surface area (Å²) in [6, 6.07) is 21.0. The summed E-state index contributed by atoms with van der Waals surface area (Å²) in [5.41, 5.74) is 2.40. The van der Waals surface area contributed by atoms with E-state index >= 15 is 0 Å². The number of fused-ring (bicyclic) bond motifs is 1. The van der Waals surface area contributed by atoms with Gasteiger partial charge in [0.25, 0.3) is 0 Å². The second-order valence-corrected chi connectivity index (χ2v) is 9.57. The molecule has 30 heavy (non-hydrogen) atoms. The molecule has 4 aromatic rings. The van der Waals surface area contributed by atoms with Crippen LogP contribution >= 0.6 is 11.3 Å². The normalized spacial score (nSPS) is 11.4. The molecule has 0 atom stereocenters. The van der Waals surface area contributed by atoms with Crippen molar-refractivity contribution in [3.63, 3.8) is 0 Å². The summed E-state index contributed by atoms with van der Waals surface area (Å²) < 4.78 is 31.0. The molecule has 0 aliphatic rings. The molecule has 0 spiro atoms. The summed E-state index contributed by atoms with van der Waals surface area (Å²) in [4.78, 5) is 17.0. The lowest BCUT2D eigenvalue weighted by molar-refractivity contribution is -0.113. The molecule has 0 radical (unpaired) electrons. The number of methoxy groups -OCH3 is 1. The summed E-state index contributed by atoms with van der Waals surface area (Å²) in [7, 11) is -2.25. The molecule has 1 heterocycles. The number of para-hydroxylation sites is 1. The number of benzene rings is 3. The van der Waals surface area contributed by atoms with Crippen LogP contribution in [0, 0.1) is 0 Å². The zero-order valence-corrected chi connectivity index (χ0v) is 17.7. The fourth-order valence-electron chi connectivity index (χ4n) is 2.93. The van der Waals surface area contributed by atoms with Crippen LogP contribution in [0.3, 0.4) is 0 Å². The monoisotopic (exact) mass is 438 g/mol. The number of thiazole rings is 1. The Labute approximate surface area is 178 Å². The van der Waals surface area contributed by atoms with Gasteiger partial charge in [0.15, 0.2) is 9.84 Å². The largest absolute Gasteiger partial charge is 0.497 e. The predicted octanol–water partition coefficient (Wildman–Crippen LogP) is 4.38. The van der Waals surface area contributed by atoms with Crippen LogP contribution < -0.4 is 10.1 Å². The molecule has 3 aromatic carbocycles. The molecule has 0 bridgehead atoms. The number of nitrogens with one attached hydrogen (secondary N) is 1. The quantitative estimate of drug-likeness (QED) is 0.483. The highest BCUT2D eigenvalue weighted by Gasteiger charge is 2.19. The Balaban J connectivity index is 1.44. The van der Waals surface area contributed by atoms with Crippen molar-refractivity contribution in [1.82, 2.24) is 4.98 Å². The van der Waals surface area contributed by atoms with Crippen molar-refractivity contribution >= 4 is 43.0 Å². The number of hydrogen-bond donors (Lipinski definition) is 1. The van der Waals surface area contributed by atoms with Crippen LogP contribution in [0.5, 0.6) is 5.75 Å². The second kappa shape index (κ2) is 8.25. The lowest BCUT2D eigenvalue weighted by Crippen LogP contribution is -2.23. The standard InChI is InChI=1S/C22H18N2O4S2/c1-28-17-10-12-18(13-11-17)30(26,27)14-21(25)23-16-8-6-15(7-9-16)22-24-19-4-2-3-5-20(19)29-22/h2-13H,14H2,1H3,(H,23,25). The average molecular weight is 439 g/mol. The van der Waals surface area contributed by atoms with Crippen molar-refractivity contribution < 1.29 is 17.9 Å². The number of aromatic nitrogens is 1. The van der Waals surface area contributed by atoms with E-state index in [2.05, 4.69) is 10.3 Å². The maximum atomic E-state index is 12.4. The highest BCUT2D eigenvalue weighted by atomic mass is 32.2. The topological polar surface area (TPSA) is 85.4 Å². The Morgan fingerprint density at radius 3 is 2.37 bits per heavy atom. The van der Waals surface area contributed by atoms with Crippen molar-refractivity contribution in [2.45, 2.75) is 4.90 Å². The fraction of sp³-hybridized carbons (Fsp3) is 0.0909. The summed E-state index contributed by atoms with van der Waals surface area (Å²) in [5, 5.41) is 3.52. The summed E-state index contributed by atoms with van der Waals surface area (Å²) in [6.07, 6.45) is 0. The van der Waals surface area contributed by atoms with Crippen molar-refractivity contribution in [2.24, 2.45) is 0 Å². The lowest BCUT2D eigenvalue weighted by atomic mass is 10.2. The number of carbonyl (C=O) groups is 1. The first-order valence-electron chi connectivity index (χ1n) is 9.07. The van der Waals surface area contributed by atoms with E-state index in [1.165, 1.54) is 19.2 Å². The molecule has 1 aromatic heterocycles. The molecule has 4 rings (SSSR count). The van der Waals surface area contributed by atoms with E-state index < -0.39 is 21.5 Å². The van der Waals surface area contributed by atoms with Crippen molar-refractivity contribution in [3.8, 4) is 16.3 Å². The first-order chi connectivity index (χ1) is 14.4. The summed E-state index contributed by atoms with van der Waals surface area (Å²) >= 11 is 1.59. The van der Waals surface area contributed by atoms with Gasteiger partial charge in [-0.1, -0.05) is 12.1 Å². The highest BCUT2D eigenvalue weighted by Crippen LogP contribution is 2.30. The lowest BCUT2D eigenvalue weighted by Gasteiger charge is -2.08. The second-order valence-electron chi connectivity index (χ2n) is 6.55. The van der Waals surface area contributed by atoms with E-state index in [0.29, 0.717) is 11.4 Å². The number of ether oxygens (including phenoxy) is 1. The Hall–Kier alpha value is -3.23. The maximum Gasteiger partial charge on any atom is 0.239 e. The molecular weight excluding hydrogens is 420 g/mol. The van der Waals surface area contributed by atoms with E-state index in [-0.39, 0.29) is 4.90 Å². The van der Waals surface area contributed by atoms with E-state index in [1.54, 1.807) is 35.6 Å². The van der Waals surface area contributed by atoms with Gasteiger partial charge in [-0.05, 0) is 60.7 Å². The molecule has 0 fully saturated rings. The third kappa shape index (κ3) is 4.34. The zero-order chi connectivity index (χ0) is 21.1. The van der Waals surface area contributed by atoms with Gasteiger partial charge < -0.3 is 10.1 Å². The minimum absolute atomic E-state index is 0.0737. The third-order valence-electron chi connectivity index (χ3n) is 4.45. The Morgan fingerprint density at radius 2 is 1.70 bits per heavy atom. The smallest absolute Gasteiger partial charge is 0.239 e. The first-order valence-corrected chi connectivity index (χ1v) is 11.5. The number of anilines is 1. The van der Waals surface area contributed by atoms with Crippen LogP contribution in [-0.4, -0.2) is 32.2 Å². The maximum absolute atomic E-state index is 12.4. The molecule has 0 saturated carbocycles. The molecule has 0 aliphatic carbocycles. The molecule has 0 saturated heterocycles. The number of hydrogen-bond acceptors (Lipinski definition) is 6. The van der Waals surface area contributed by atoms with Gasteiger partial charge in [0, 0.05) is 11.3 Å². The van der Waals surface area contributed by atoms with Crippen LogP contribution in [0.15, 0.2) is 77.7 Å². The van der Waals surface area contributed by atoms with E-state index in [1.807, 2.05) is 36.4 Å². The number of sulfone groups is 1. The predicted molar refractivity (Wildman–Crippen MR) is 119 cm³/mol. The summed E-state index contributed by atoms with van der Waals surface area (Å²) in [5.74, 6) is -0.691. The van der Waals surface area contributed by atoms with Crippen LogP contribution in [0.4, 0.5) is 5.69 Å². The Bertz CT molecular complexity index is 1260. The molecule has 0 aliphatic heterocycles. The molecule has 6 nitrogen and oxygen atoms in total. The SMILES string of the molecule is COc1ccc(S(=O)(=O)CC(=O)Nc2ccc(-c3nc4ccccc4s3)cc2)cc1. The van der Waals surface area contributed by atoms with Crippen LogP contribution in [0.1, 0.15) is 0 Å². The van der Waals surface area contributed by atoms with Gasteiger partial charge in [-0.2, -0.15) is 0 Å². The minimum atomic E-state index is -3.75. The third-order valence-corrected chi connectivity index (χ3v) is 7.17. The number of rotatable bonds is 6. The van der Waals surface area contributed by atoms with Gasteiger partial charge in [0.2, 0.25) is 5.91 Å². The fourth-order valence-corrected chi connectivity index (χ4v) is 5.03. The zero-order valence-electron chi connectivity index (χ0n) is 16.0. The van der Waals surface area contributed by atoms with Gasteiger partial charge >= 0.3 is 0 Å². The van der Waals surface area contributed by atoms with Crippen LogP contribution in [0.25, 0.3) is 20.8 Å². The van der Waals surface area contributed by atoms with Gasteiger partial charge in [0.1, 0.15) is 16.5 Å². The van der Waals surface area contributed by atoms with Gasteiger partial charge in [-0.3, -0.25) is 4.79 Å². The van der Waals surface area contributed by atoms with Crippen molar-refractivity contribution in [2.75, 3.05) is 18.2 Å². The van der Waals surface area contributed by atoms with E-state index in [9.17, 15) is 13.2 Å². The molecule has 1 N–H and O–H groups in total. The number of nitrogens with zero attached hydrogens (tertiary/aromatic N) is 1. The van der Waals surface area contributed by atoms with Gasteiger partial charge in [-0.25, -0.2) is 13.4 Å². The van der Waals surface area contributed by atoms with Gasteiger partial charge in [-0.15, -0.1) is 11.3 Å². The van der Waals surface area contributed by atoms with Crippen molar-refractivity contribution in [1.29, 1.82) is 0 Å². The summed E-state index contributed by atoms with van der Waals surface area (Å²) in [6.45, 7) is 0. The minimum Gasteiger partial charge on any atom is -0.497 e. The first kappa shape index (κ1) is 20.1. The molecule has 1 amide bonds. The van der Waals surface area contributed by atoms with Crippen molar-refractivity contribution in [3.05, 3.63) is 72.8 Å². The highest BCUT2D eigenvalue weighted by molar-refractivity contribution is 7.92. The van der Waals surface area contributed by atoms with Crippen LogP contribution in [-0.2, 0) is 14.6 Å². The molecular formula is C22H18N2O4S2. The average Bonchev–Trinajstić information content (AvgIpc) is 3.18. The number of amides is 1. The van der Waals surface area contributed by atoms with Crippen LogP contribution in [0.2, 0.25) is 0 Å². The van der Waals surface area contributed by atoms with Gasteiger partial charge in [0.05, 0.1) is 22.2 Å². The molecule has 152 valence electrons. The molecule has 8 heteroatoms. The Kier molecular flexibility index (Phi) is 5.52. The Morgan fingerprint density at radius 1 is 1.00 bits per heavy atom. The van der Waals surface area contributed by atoms with E-state index in [0.717, 1.165) is 20.8 Å². The molecule has 0 unspecified atom stereocenters. The number of carbonyl (C=O) groups excluding carboxylic acids is 1.